The minimum absolute atomic E-state index is 0.258. The van der Waals surface area contributed by atoms with Crippen LogP contribution in [0.25, 0.3) is 5.65 Å². The van der Waals surface area contributed by atoms with Gasteiger partial charge in [0.15, 0.2) is 0 Å². The number of rotatable bonds is 5. The highest BCUT2D eigenvalue weighted by molar-refractivity contribution is 5.86. The Morgan fingerprint density at radius 3 is 3.11 bits per heavy atom. The Labute approximate surface area is 111 Å². The molecule has 2 aromatic rings. The summed E-state index contributed by atoms with van der Waals surface area (Å²) in [6.07, 6.45) is 4.38. The van der Waals surface area contributed by atoms with Gasteiger partial charge >= 0.3 is 0 Å². The van der Waals surface area contributed by atoms with Crippen LogP contribution in [0.1, 0.15) is 12.0 Å². The summed E-state index contributed by atoms with van der Waals surface area (Å²) in [4.78, 5) is 27.6. The van der Waals surface area contributed by atoms with Crippen molar-refractivity contribution in [2.75, 3.05) is 18.5 Å². The van der Waals surface area contributed by atoms with Crippen molar-refractivity contribution in [1.82, 2.24) is 14.7 Å². The standard InChI is InChI=1S/C13H16N4O2/c1-10-3-6-17-11(7-10)14-8-13(17)16(2)5-4-12(19)15-9-18/h3,6-9H,4-5H2,1-2H3,(H,15,18,19). The minimum Gasteiger partial charge on any atom is -0.359 e. The molecule has 0 bridgehead atoms. The molecule has 0 saturated heterocycles. The monoisotopic (exact) mass is 260 g/mol. The van der Waals surface area contributed by atoms with Crippen LogP contribution in [0.4, 0.5) is 5.82 Å². The zero-order chi connectivity index (χ0) is 13.8. The third-order valence-electron chi connectivity index (χ3n) is 2.93. The molecule has 2 amide bonds. The first-order chi connectivity index (χ1) is 9.11. The van der Waals surface area contributed by atoms with Crippen LogP contribution in [0.3, 0.4) is 0 Å². The maximum absolute atomic E-state index is 11.2. The average molecular weight is 260 g/mol. The van der Waals surface area contributed by atoms with E-state index in [1.807, 2.05) is 41.6 Å². The number of carbonyl (C=O) groups excluding carboxylic acids is 2. The van der Waals surface area contributed by atoms with E-state index >= 15 is 0 Å². The summed E-state index contributed by atoms with van der Waals surface area (Å²) >= 11 is 0. The number of nitrogens with one attached hydrogen (secondary N) is 1. The fourth-order valence-corrected chi connectivity index (χ4v) is 1.87. The largest absolute Gasteiger partial charge is 0.359 e. The summed E-state index contributed by atoms with van der Waals surface area (Å²) in [5.41, 5.74) is 2.02. The number of amides is 2. The third-order valence-corrected chi connectivity index (χ3v) is 2.93. The molecule has 0 aliphatic heterocycles. The molecule has 0 aromatic carbocycles. The molecular formula is C13H16N4O2. The van der Waals surface area contributed by atoms with E-state index in [-0.39, 0.29) is 12.3 Å². The van der Waals surface area contributed by atoms with Gasteiger partial charge in [-0.25, -0.2) is 4.98 Å². The second-order valence-electron chi connectivity index (χ2n) is 4.41. The SMILES string of the molecule is Cc1ccn2c(N(C)CCC(=O)NC=O)cnc2c1. The minimum atomic E-state index is -0.286. The number of imide groups is 1. The quantitative estimate of drug-likeness (QED) is 0.805. The number of anilines is 1. The molecule has 2 heterocycles. The summed E-state index contributed by atoms with van der Waals surface area (Å²) in [6.45, 7) is 2.53. The first kappa shape index (κ1) is 13.1. The lowest BCUT2D eigenvalue weighted by molar-refractivity contribution is -0.125. The first-order valence-electron chi connectivity index (χ1n) is 5.99. The van der Waals surface area contributed by atoms with Crippen molar-refractivity contribution in [1.29, 1.82) is 0 Å². The highest BCUT2D eigenvalue weighted by atomic mass is 16.2. The number of carbonyl (C=O) groups is 2. The molecule has 1 N–H and O–H groups in total. The predicted molar refractivity (Wildman–Crippen MR) is 72.0 cm³/mol. The average Bonchev–Trinajstić information content (AvgIpc) is 2.79. The van der Waals surface area contributed by atoms with Gasteiger partial charge < -0.3 is 4.90 Å². The normalized spacial score (nSPS) is 10.4. The molecule has 0 spiro atoms. The Kier molecular flexibility index (Phi) is 3.79. The number of hydrogen-bond donors (Lipinski definition) is 1. The van der Waals surface area contributed by atoms with E-state index in [9.17, 15) is 9.59 Å². The topological polar surface area (TPSA) is 66.7 Å². The van der Waals surface area contributed by atoms with Crippen molar-refractivity contribution >= 4 is 23.8 Å². The zero-order valence-corrected chi connectivity index (χ0v) is 11.0. The fourth-order valence-electron chi connectivity index (χ4n) is 1.87. The van der Waals surface area contributed by atoms with Crippen molar-refractivity contribution in [3.05, 3.63) is 30.1 Å². The van der Waals surface area contributed by atoms with Crippen molar-refractivity contribution < 1.29 is 9.59 Å². The van der Waals surface area contributed by atoms with Crippen molar-refractivity contribution in [2.45, 2.75) is 13.3 Å². The number of imidazole rings is 1. The second-order valence-corrected chi connectivity index (χ2v) is 4.41. The lowest BCUT2D eigenvalue weighted by atomic mass is 10.3. The Hall–Kier alpha value is -2.37. The smallest absolute Gasteiger partial charge is 0.228 e. The van der Waals surface area contributed by atoms with Gasteiger partial charge in [0.2, 0.25) is 12.3 Å². The molecule has 0 unspecified atom stereocenters. The third kappa shape index (κ3) is 2.90. The fraction of sp³-hybridized carbons (Fsp3) is 0.308. The molecule has 0 aliphatic carbocycles. The van der Waals surface area contributed by atoms with Crippen molar-refractivity contribution in [2.24, 2.45) is 0 Å². The number of nitrogens with zero attached hydrogens (tertiary/aromatic N) is 3. The first-order valence-corrected chi connectivity index (χ1v) is 5.99. The molecular weight excluding hydrogens is 244 g/mol. The Balaban J connectivity index is 2.11. The van der Waals surface area contributed by atoms with Crippen molar-refractivity contribution in [3.8, 4) is 0 Å². The van der Waals surface area contributed by atoms with Crippen LogP contribution in [-0.4, -0.2) is 35.3 Å². The van der Waals surface area contributed by atoms with Crippen LogP contribution < -0.4 is 10.2 Å². The van der Waals surface area contributed by atoms with Gasteiger partial charge in [0.1, 0.15) is 11.5 Å². The van der Waals surface area contributed by atoms with Gasteiger partial charge in [-0.3, -0.25) is 19.3 Å². The maximum atomic E-state index is 11.2. The van der Waals surface area contributed by atoms with E-state index in [0.717, 1.165) is 17.0 Å². The number of aryl methyl sites for hydroxylation is 1. The molecule has 6 nitrogen and oxygen atoms in total. The maximum Gasteiger partial charge on any atom is 0.228 e. The van der Waals surface area contributed by atoms with Crippen molar-refractivity contribution in [3.63, 3.8) is 0 Å². The molecule has 2 aromatic heterocycles. The van der Waals surface area contributed by atoms with Crippen LogP contribution in [0, 0.1) is 6.92 Å². The molecule has 2 rings (SSSR count). The van der Waals surface area contributed by atoms with Gasteiger partial charge in [-0.2, -0.15) is 0 Å². The van der Waals surface area contributed by atoms with Crippen LogP contribution in [0.5, 0.6) is 0 Å². The highest BCUT2D eigenvalue weighted by Crippen LogP contribution is 2.16. The summed E-state index contributed by atoms with van der Waals surface area (Å²) in [5.74, 6) is 0.625. The number of pyridine rings is 1. The second kappa shape index (κ2) is 5.51. The molecule has 0 aliphatic rings. The number of fused-ring (bicyclic) bond motifs is 1. The van der Waals surface area contributed by atoms with Gasteiger partial charge in [-0.1, -0.05) is 0 Å². The van der Waals surface area contributed by atoms with Gasteiger partial charge in [0, 0.05) is 26.2 Å². The molecule has 0 saturated carbocycles. The van der Waals surface area contributed by atoms with Gasteiger partial charge in [-0.15, -0.1) is 0 Å². The van der Waals surface area contributed by atoms with Gasteiger partial charge in [-0.05, 0) is 24.6 Å². The van der Waals surface area contributed by atoms with E-state index in [1.165, 1.54) is 0 Å². The van der Waals surface area contributed by atoms with Gasteiger partial charge in [0.25, 0.3) is 0 Å². The lowest BCUT2D eigenvalue weighted by Gasteiger charge is -2.17. The van der Waals surface area contributed by atoms with E-state index in [2.05, 4.69) is 10.3 Å². The highest BCUT2D eigenvalue weighted by Gasteiger charge is 2.09. The van der Waals surface area contributed by atoms with Crippen LogP contribution in [0.15, 0.2) is 24.5 Å². The lowest BCUT2D eigenvalue weighted by Crippen LogP contribution is -2.28. The molecule has 6 heteroatoms. The van der Waals surface area contributed by atoms with E-state index < -0.39 is 0 Å². The zero-order valence-electron chi connectivity index (χ0n) is 11.0. The summed E-state index contributed by atoms with van der Waals surface area (Å²) in [7, 11) is 1.89. The van der Waals surface area contributed by atoms with Crippen LogP contribution in [-0.2, 0) is 9.59 Å². The molecule has 0 radical (unpaired) electrons. The van der Waals surface area contributed by atoms with E-state index in [1.54, 1.807) is 6.20 Å². The van der Waals surface area contributed by atoms with Crippen LogP contribution in [0.2, 0.25) is 0 Å². The predicted octanol–water partition coefficient (Wildman–Crippen LogP) is 0.742. The summed E-state index contributed by atoms with van der Waals surface area (Å²) in [5, 5.41) is 2.12. The Morgan fingerprint density at radius 2 is 2.37 bits per heavy atom. The summed E-state index contributed by atoms with van der Waals surface area (Å²) in [6, 6.07) is 4.00. The molecule has 0 fully saturated rings. The van der Waals surface area contributed by atoms with Gasteiger partial charge in [0.05, 0.1) is 6.20 Å². The molecule has 19 heavy (non-hydrogen) atoms. The Bertz CT molecular complexity index is 606. The number of aromatic nitrogens is 2. The Morgan fingerprint density at radius 1 is 1.58 bits per heavy atom. The molecule has 100 valence electrons. The van der Waals surface area contributed by atoms with E-state index in [0.29, 0.717) is 13.0 Å². The molecule has 0 atom stereocenters. The van der Waals surface area contributed by atoms with Crippen LogP contribution >= 0.6 is 0 Å². The summed E-state index contributed by atoms with van der Waals surface area (Å²) < 4.78 is 1.96. The van der Waals surface area contributed by atoms with E-state index in [4.69, 9.17) is 0 Å². The number of hydrogen-bond acceptors (Lipinski definition) is 4.